The first-order valence-corrected chi connectivity index (χ1v) is 6.83. The molecule has 0 radical (unpaired) electrons. The van der Waals surface area contributed by atoms with Crippen molar-refractivity contribution in [2.75, 3.05) is 6.54 Å². The zero-order valence-electron chi connectivity index (χ0n) is 12.1. The third-order valence-electron chi connectivity index (χ3n) is 3.11. The monoisotopic (exact) mass is 286 g/mol. The molecule has 21 heavy (non-hydrogen) atoms. The Hall–Kier alpha value is -2.40. The molecule has 0 heterocycles. The molecule has 0 atom stereocenters. The number of hydrogen-bond donors (Lipinski definition) is 1. The third-order valence-corrected chi connectivity index (χ3v) is 3.11. The molecule has 5 nitrogen and oxygen atoms in total. The average molecular weight is 286 g/mol. The SMILES string of the molecule is CCNCc1ccc(Oc2c(C)cccc2[N+](=O)[O-])cc1. The van der Waals surface area contributed by atoms with Crippen molar-refractivity contribution in [1.82, 2.24) is 5.32 Å². The maximum absolute atomic E-state index is 11.1. The molecule has 5 heteroatoms. The second-order valence-corrected chi connectivity index (χ2v) is 4.71. The maximum atomic E-state index is 11.1. The van der Waals surface area contributed by atoms with E-state index in [-0.39, 0.29) is 5.69 Å². The van der Waals surface area contributed by atoms with Crippen LogP contribution in [0, 0.1) is 17.0 Å². The van der Waals surface area contributed by atoms with Gasteiger partial charge in [-0.15, -0.1) is 0 Å². The molecule has 0 fully saturated rings. The van der Waals surface area contributed by atoms with Gasteiger partial charge in [0.15, 0.2) is 0 Å². The fraction of sp³-hybridized carbons (Fsp3) is 0.250. The van der Waals surface area contributed by atoms with E-state index < -0.39 is 4.92 Å². The van der Waals surface area contributed by atoms with E-state index in [0.717, 1.165) is 24.2 Å². The molecule has 2 aromatic carbocycles. The van der Waals surface area contributed by atoms with E-state index in [4.69, 9.17) is 4.74 Å². The Balaban J connectivity index is 2.20. The molecule has 0 saturated heterocycles. The van der Waals surface area contributed by atoms with Gasteiger partial charge in [-0.3, -0.25) is 10.1 Å². The lowest BCUT2D eigenvalue weighted by molar-refractivity contribution is -0.385. The normalized spacial score (nSPS) is 10.4. The van der Waals surface area contributed by atoms with Gasteiger partial charge in [0, 0.05) is 12.6 Å². The zero-order valence-corrected chi connectivity index (χ0v) is 12.1. The van der Waals surface area contributed by atoms with Crippen LogP contribution in [0.5, 0.6) is 11.5 Å². The lowest BCUT2D eigenvalue weighted by atomic mass is 10.2. The summed E-state index contributed by atoms with van der Waals surface area (Å²) in [5.41, 5.74) is 1.86. The lowest BCUT2D eigenvalue weighted by Gasteiger charge is -2.09. The summed E-state index contributed by atoms with van der Waals surface area (Å²) in [7, 11) is 0. The standard InChI is InChI=1S/C16H18N2O3/c1-3-17-11-13-7-9-14(10-8-13)21-16-12(2)5-4-6-15(16)18(19)20/h4-10,17H,3,11H2,1-2H3. The van der Waals surface area contributed by atoms with Crippen LogP contribution in [0.2, 0.25) is 0 Å². The van der Waals surface area contributed by atoms with Gasteiger partial charge in [0.1, 0.15) is 5.75 Å². The molecule has 0 aliphatic carbocycles. The summed E-state index contributed by atoms with van der Waals surface area (Å²) in [5, 5.41) is 14.3. The molecule has 0 spiro atoms. The van der Waals surface area contributed by atoms with Crippen LogP contribution in [0.25, 0.3) is 0 Å². The number of nitro benzene ring substituents is 1. The first-order valence-electron chi connectivity index (χ1n) is 6.83. The van der Waals surface area contributed by atoms with E-state index >= 15 is 0 Å². The molecule has 110 valence electrons. The number of rotatable bonds is 6. The van der Waals surface area contributed by atoms with Gasteiger partial charge in [-0.25, -0.2) is 0 Å². The van der Waals surface area contributed by atoms with Crippen LogP contribution in [-0.4, -0.2) is 11.5 Å². The number of nitro groups is 1. The average Bonchev–Trinajstić information content (AvgIpc) is 2.48. The molecule has 1 N–H and O–H groups in total. The lowest BCUT2D eigenvalue weighted by Crippen LogP contribution is -2.11. The van der Waals surface area contributed by atoms with Crippen LogP contribution >= 0.6 is 0 Å². The van der Waals surface area contributed by atoms with Gasteiger partial charge < -0.3 is 10.1 Å². The number of nitrogens with zero attached hydrogens (tertiary/aromatic N) is 1. The Morgan fingerprint density at radius 1 is 1.19 bits per heavy atom. The van der Waals surface area contributed by atoms with Crippen molar-refractivity contribution >= 4 is 5.69 Å². The number of benzene rings is 2. The summed E-state index contributed by atoms with van der Waals surface area (Å²) in [6, 6.07) is 12.4. The second-order valence-electron chi connectivity index (χ2n) is 4.71. The predicted octanol–water partition coefficient (Wildman–Crippen LogP) is 3.81. The summed E-state index contributed by atoms with van der Waals surface area (Å²) in [6.07, 6.45) is 0. The Morgan fingerprint density at radius 2 is 1.90 bits per heavy atom. The first-order chi connectivity index (χ1) is 10.1. The molecule has 2 rings (SSSR count). The van der Waals surface area contributed by atoms with Crippen molar-refractivity contribution in [3.8, 4) is 11.5 Å². The fourth-order valence-corrected chi connectivity index (χ4v) is 1.98. The highest BCUT2D eigenvalue weighted by Crippen LogP contribution is 2.34. The molecule has 2 aromatic rings. The van der Waals surface area contributed by atoms with Crippen LogP contribution in [0.3, 0.4) is 0 Å². The minimum absolute atomic E-state index is 0.0215. The van der Waals surface area contributed by atoms with Gasteiger partial charge in [0.25, 0.3) is 0 Å². The Bertz CT molecular complexity index is 624. The molecule has 0 amide bonds. The minimum Gasteiger partial charge on any atom is -0.450 e. The number of aryl methyl sites for hydroxylation is 1. The quantitative estimate of drug-likeness (QED) is 0.648. The zero-order chi connectivity index (χ0) is 15.2. The van der Waals surface area contributed by atoms with Crippen LogP contribution in [0.1, 0.15) is 18.1 Å². The van der Waals surface area contributed by atoms with E-state index in [1.54, 1.807) is 19.1 Å². The Labute approximate surface area is 123 Å². The van der Waals surface area contributed by atoms with Crippen molar-refractivity contribution in [1.29, 1.82) is 0 Å². The van der Waals surface area contributed by atoms with Gasteiger partial charge in [-0.1, -0.05) is 31.2 Å². The van der Waals surface area contributed by atoms with Crippen molar-refractivity contribution in [2.45, 2.75) is 20.4 Å². The van der Waals surface area contributed by atoms with E-state index in [0.29, 0.717) is 11.5 Å². The predicted molar refractivity (Wildman–Crippen MR) is 81.7 cm³/mol. The topological polar surface area (TPSA) is 64.4 Å². The number of ether oxygens (including phenoxy) is 1. The van der Waals surface area contributed by atoms with Crippen LogP contribution < -0.4 is 10.1 Å². The van der Waals surface area contributed by atoms with E-state index in [9.17, 15) is 10.1 Å². The maximum Gasteiger partial charge on any atom is 0.311 e. The van der Waals surface area contributed by atoms with Crippen molar-refractivity contribution in [3.05, 3.63) is 63.7 Å². The summed E-state index contributed by atoms with van der Waals surface area (Å²) < 4.78 is 5.70. The Morgan fingerprint density at radius 3 is 2.52 bits per heavy atom. The van der Waals surface area contributed by atoms with Gasteiger partial charge >= 0.3 is 5.69 Å². The summed E-state index contributed by atoms with van der Waals surface area (Å²) in [4.78, 5) is 10.6. The van der Waals surface area contributed by atoms with Gasteiger partial charge in [0.05, 0.1) is 4.92 Å². The van der Waals surface area contributed by atoms with Gasteiger partial charge in [-0.2, -0.15) is 0 Å². The highest BCUT2D eigenvalue weighted by molar-refractivity contribution is 5.53. The number of nitrogens with one attached hydrogen (secondary N) is 1. The first kappa shape index (κ1) is 15.0. The highest BCUT2D eigenvalue weighted by Gasteiger charge is 2.17. The molecular weight excluding hydrogens is 268 g/mol. The van der Waals surface area contributed by atoms with Crippen molar-refractivity contribution < 1.29 is 9.66 Å². The van der Waals surface area contributed by atoms with Gasteiger partial charge in [0.2, 0.25) is 5.75 Å². The molecule has 0 aliphatic rings. The number of hydrogen-bond acceptors (Lipinski definition) is 4. The van der Waals surface area contributed by atoms with Crippen LogP contribution in [-0.2, 0) is 6.54 Å². The molecule has 0 aliphatic heterocycles. The fourth-order valence-electron chi connectivity index (χ4n) is 1.98. The summed E-state index contributed by atoms with van der Waals surface area (Å²) in [6.45, 7) is 5.55. The van der Waals surface area contributed by atoms with Crippen LogP contribution in [0.4, 0.5) is 5.69 Å². The summed E-state index contributed by atoms with van der Waals surface area (Å²) in [5.74, 6) is 0.884. The molecule has 0 bridgehead atoms. The number of para-hydroxylation sites is 1. The smallest absolute Gasteiger partial charge is 0.311 e. The highest BCUT2D eigenvalue weighted by atomic mass is 16.6. The molecular formula is C16H18N2O3. The molecule has 0 unspecified atom stereocenters. The summed E-state index contributed by atoms with van der Waals surface area (Å²) >= 11 is 0. The van der Waals surface area contributed by atoms with Crippen molar-refractivity contribution in [2.24, 2.45) is 0 Å². The van der Waals surface area contributed by atoms with Gasteiger partial charge in [-0.05, 0) is 36.7 Å². The Kier molecular flexibility index (Phi) is 4.90. The largest absolute Gasteiger partial charge is 0.450 e. The van der Waals surface area contributed by atoms with E-state index in [1.165, 1.54) is 6.07 Å². The third kappa shape index (κ3) is 3.79. The molecule has 0 aromatic heterocycles. The van der Waals surface area contributed by atoms with E-state index in [2.05, 4.69) is 12.2 Å². The van der Waals surface area contributed by atoms with E-state index in [1.807, 2.05) is 24.3 Å². The van der Waals surface area contributed by atoms with Crippen molar-refractivity contribution in [3.63, 3.8) is 0 Å². The van der Waals surface area contributed by atoms with Crippen LogP contribution in [0.15, 0.2) is 42.5 Å². The second kappa shape index (κ2) is 6.85. The molecule has 0 saturated carbocycles. The minimum atomic E-state index is -0.429.